The van der Waals surface area contributed by atoms with Gasteiger partial charge in [0.2, 0.25) is 0 Å². The Morgan fingerprint density at radius 1 is 1.03 bits per heavy atom. The van der Waals surface area contributed by atoms with Crippen molar-refractivity contribution in [1.82, 2.24) is 25.1 Å². The molecule has 1 aliphatic rings. The molecule has 0 radical (unpaired) electrons. The average molecular weight is 488 g/mol. The number of nitrogens with one attached hydrogen (secondary N) is 1. The predicted octanol–water partition coefficient (Wildman–Crippen LogP) is 4.01. The minimum atomic E-state index is -0.377. The number of rotatable bonds is 5. The van der Waals surface area contributed by atoms with Gasteiger partial charge >= 0.3 is 6.01 Å². The molecular weight excluding hydrogens is 466 g/mol. The molecule has 0 saturated carbocycles. The first kappa shape index (κ1) is 21.4. The average Bonchev–Trinajstić information content (AvgIpc) is 3.65. The van der Waals surface area contributed by atoms with E-state index in [1.807, 2.05) is 30.3 Å². The number of aromatic nitrogens is 4. The molecule has 11 heteroatoms. The molecule has 1 aliphatic heterocycles. The fraction of sp³-hybridized carbons (Fsp3) is 0.208. The molecule has 0 aliphatic carbocycles. The lowest BCUT2D eigenvalue weighted by Crippen LogP contribution is -2.44. The highest BCUT2D eigenvalue weighted by Gasteiger charge is 2.23. The van der Waals surface area contributed by atoms with Crippen LogP contribution in [0.3, 0.4) is 0 Å². The molecule has 176 valence electrons. The SMILES string of the molecule is CN1CCN(c2nc3nc(-c4ccccc4)cc(C(=O)Nc4nnc(-c5ccco5)o4)c3s2)CC1. The van der Waals surface area contributed by atoms with Gasteiger partial charge in [-0.15, -0.1) is 5.10 Å². The molecular formula is C24H21N7O3S. The fourth-order valence-corrected chi connectivity index (χ4v) is 4.97. The first-order chi connectivity index (χ1) is 17.1. The standard InChI is InChI=1S/C24H21N7O3S/c1-30-9-11-31(12-10-30)24-26-20-19(35-24)16(14-17(25-20)15-6-3-2-4-7-15)21(32)27-23-29-28-22(34-23)18-8-5-13-33-18/h2-8,13-14H,9-12H2,1H3,(H,27,29,32). The van der Waals surface area contributed by atoms with Crippen LogP contribution in [0.2, 0.25) is 0 Å². The van der Waals surface area contributed by atoms with Gasteiger partial charge < -0.3 is 18.6 Å². The zero-order valence-electron chi connectivity index (χ0n) is 18.8. The Morgan fingerprint density at radius 2 is 1.86 bits per heavy atom. The van der Waals surface area contributed by atoms with Crippen molar-refractivity contribution >= 4 is 38.7 Å². The van der Waals surface area contributed by atoms with Crippen molar-refractivity contribution in [2.75, 3.05) is 43.4 Å². The first-order valence-corrected chi connectivity index (χ1v) is 11.9. The van der Waals surface area contributed by atoms with Crippen LogP contribution in [0.15, 0.2) is 63.6 Å². The van der Waals surface area contributed by atoms with E-state index in [2.05, 4.69) is 32.4 Å². The van der Waals surface area contributed by atoms with E-state index >= 15 is 0 Å². The summed E-state index contributed by atoms with van der Waals surface area (Å²) in [6.07, 6.45) is 1.51. The normalized spacial score (nSPS) is 14.5. The van der Waals surface area contributed by atoms with Gasteiger partial charge in [-0.05, 0) is 25.2 Å². The van der Waals surface area contributed by atoms with Crippen LogP contribution < -0.4 is 10.2 Å². The van der Waals surface area contributed by atoms with E-state index < -0.39 is 0 Å². The summed E-state index contributed by atoms with van der Waals surface area (Å²) in [6.45, 7) is 3.67. The van der Waals surface area contributed by atoms with Crippen molar-refractivity contribution in [2.45, 2.75) is 0 Å². The summed E-state index contributed by atoms with van der Waals surface area (Å²) in [7, 11) is 2.11. The lowest BCUT2D eigenvalue weighted by atomic mass is 10.1. The van der Waals surface area contributed by atoms with Crippen LogP contribution in [0.5, 0.6) is 0 Å². The second-order valence-corrected chi connectivity index (χ2v) is 9.18. The van der Waals surface area contributed by atoms with Crippen LogP contribution in [0.1, 0.15) is 10.4 Å². The number of likely N-dealkylation sites (N-methyl/N-ethyl adjacent to an activating group) is 1. The summed E-state index contributed by atoms with van der Waals surface area (Å²) >= 11 is 1.47. The molecule has 35 heavy (non-hydrogen) atoms. The quantitative estimate of drug-likeness (QED) is 0.393. The van der Waals surface area contributed by atoms with Gasteiger partial charge in [-0.1, -0.05) is 46.8 Å². The number of piperazine rings is 1. The molecule has 0 atom stereocenters. The molecule has 10 nitrogen and oxygen atoms in total. The van der Waals surface area contributed by atoms with Gasteiger partial charge in [0.15, 0.2) is 16.5 Å². The molecule has 6 rings (SSSR count). The van der Waals surface area contributed by atoms with E-state index in [-0.39, 0.29) is 17.8 Å². The van der Waals surface area contributed by atoms with Crippen molar-refractivity contribution in [3.8, 4) is 22.9 Å². The number of hydrogen-bond acceptors (Lipinski definition) is 10. The van der Waals surface area contributed by atoms with Gasteiger partial charge in [0.05, 0.1) is 22.2 Å². The molecule has 0 spiro atoms. The van der Waals surface area contributed by atoms with Crippen LogP contribution in [0.4, 0.5) is 11.1 Å². The Morgan fingerprint density at radius 3 is 2.63 bits per heavy atom. The third kappa shape index (κ3) is 4.27. The molecule has 0 unspecified atom stereocenters. The molecule has 5 heterocycles. The highest BCUT2D eigenvalue weighted by Crippen LogP contribution is 2.34. The van der Waals surface area contributed by atoms with Crippen molar-refractivity contribution in [1.29, 1.82) is 0 Å². The number of hydrogen-bond donors (Lipinski definition) is 1. The van der Waals surface area contributed by atoms with Crippen molar-refractivity contribution < 1.29 is 13.6 Å². The summed E-state index contributed by atoms with van der Waals surface area (Å²) in [5.74, 6) is 0.234. The maximum atomic E-state index is 13.4. The largest absolute Gasteiger partial charge is 0.459 e. The second kappa shape index (κ2) is 8.93. The van der Waals surface area contributed by atoms with Crippen molar-refractivity contribution in [3.05, 3.63) is 60.4 Å². The summed E-state index contributed by atoms with van der Waals surface area (Å²) in [4.78, 5) is 27.5. The van der Waals surface area contributed by atoms with E-state index in [1.54, 1.807) is 18.2 Å². The van der Waals surface area contributed by atoms with Gasteiger partial charge in [0.25, 0.3) is 11.8 Å². The Balaban J connectivity index is 1.37. The lowest BCUT2D eigenvalue weighted by molar-refractivity contribution is 0.102. The fourth-order valence-electron chi connectivity index (χ4n) is 3.90. The molecule has 5 aromatic rings. The Kier molecular flexibility index (Phi) is 5.47. The Bertz CT molecular complexity index is 1470. The maximum absolute atomic E-state index is 13.4. The van der Waals surface area contributed by atoms with Crippen LogP contribution in [-0.4, -0.2) is 64.2 Å². The Labute approximate surface area is 204 Å². The number of nitrogens with zero attached hydrogens (tertiary/aromatic N) is 6. The number of fused-ring (bicyclic) bond motifs is 1. The van der Waals surface area contributed by atoms with E-state index in [0.29, 0.717) is 27.4 Å². The minimum Gasteiger partial charge on any atom is -0.459 e. The lowest BCUT2D eigenvalue weighted by Gasteiger charge is -2.31. The molecule has 1 N–H and O–H groups in total. The van der Waals surface area contributed by atoms with E-state index in [0.717, 1.165) is 36.9 Å². The number of furan rings is 1. The molecule has 1 saturated heterocycles. The number of pyridine rings is 1. The number of thiazole rings is 1. The molecule has 4 aromatic heterocycles. The summed E-state index contributed by atoms with van der Waals surface area (Å²) < 4.78 is 11.6. The Hall–Kier alpha value is -4.09. The van der Waals surface area contributed by atoms with Gasteiger partial charge in [0.1, 0.15) is 0 Å². The highest BCUT2D eigenvalue weighted by molar-refractivity contribution is 7.22. The number of amides is 1. The van der Waals surface area contributed by atoms with E-state index in [9.17, 15) is 4.79 Å². The number of carbonyl (C=O) groups is 1. The van der Waals surface area contributed by atoms with Crippen LogP contribution in [0.25, 0.3) is 33.3 Å². The number of benzene rings is 1. The zero-order chi connectivity index (χ0) is 23.8. The third-order valence-electron chi connectivity index (χ3n) is 5.82. The molecule has 1 amide bonds. The first-order valence-electron chi connectivity index (χ1n) is 11.1. The van der Waals surface area contributed by atoms with Gasteiger partial charge in [-0.2, -0.15) is 4.98 Å². The highest BCUT2D eigenvalue weighted by atomic mass is 32.1. The van der Waals surface area contributed by atoms with Gasteiger partial charge in [-0.25, -0.2) is 4.98 Å². The van der Waals surface area contributed by atoms with Crippen LogP contribution in [0, 0.1) is 0 Å². The second-order valence-electron chi connectivity index (χ2n) is 8.20. The van der Waals surface area contributed by atoms with Crippen molar-refractivity contribution in [3.63, 3.8) is 0 Å². The molecule has 1 fully saturated rings. The summed E-state index contributed by atoms with van der Waals surface area (Å²) in [6, 6.07) is 14.9. The van der Waals surface area contributed by atoms with Gasteiger partial charge in [0, 0.05) is 31.7 Å². The number of anilines is 2. The predicted molar refractivity (Wildman–Crippen MR) is 133 cm³/mol. The van der Waals surface area contributed by atoms with E-state index in [4.69, 9.17) is 18.8 Å². The number of carbonyl (C=O) groups excluding carboxylic acids is 1. The van der Waals surface area contributed by atoms with Crippen LogP contribution >= 0.6 is 11.3 Å². The van der Waals surface area contributed by atoms with Gasteiger partial charge in [-0.3, -0.25) is 10.1 Å². The monoisotopic (exact) mass is 487 g/mol. The zero-order valence-corrected chi connectivity index (χ0v) is 19.7. The smallest absolute Gasteiger partial charge is 0.322 e. The third-order valence-corrected chi connectivity index (χ3v) is 6.95. The molecule has 1 aromatic carbocycles. The maximum Gasteiger partial charge on any atom is 0.322 e. The topological polar surface area (TPSA) is 113 Å². The minimum absolute atomic E-state index is 0.0172. The van der Waals surface area contributed by atoms with E-state index in [1.165, 1.54) is 17.6 Å². The summed E-state index contributed by atoms with van der Waals surface area (Å²) in [5.41, 5.74) is 2.55. The van der Waals surface area contributed by atoms with Crippen LogP contribution in [-0.2, 0) is 0 Å². The summed E-state index contributed by atoms with van der Waals surface area (Å²) in [5, 5.41) is 11.5. The van der Waals surface area contributed by atoms with Crippen molar-refractivity contribution in [2.24, 2.45) is 0 Å². The molecule has 0 bridgehead atoms.